The van der Waals surface area contributed by atoms with Gasteiger partial charge in [-0.25, -0.2) is 0 Å². The minimum atomic E-state index is 0.807. The van der Waals surface area contributed by atoms with Crippen LogP contribution >= 0.6 is 0 Å². The van der Waals surface area contributed by atoms with Crippen LogP contribution in [0.2, 0.25) is 0 Å². The predicted octanol–water partition coefficient (Wildman–Crippen LogP) is 4.01. The quantitative estimate of drug-likeness (QED) is 0.775. The second-order valence-electron chi connectivity index (χ2n) is 4.50. The molecule has 1 aromatic heterocycles. The van der Waals surface area contributed by atoms with Crippen LogP contribution in [0.15, 0.2) is 40.8 Å². The molecular formula is C16H21NO. The summed E-state index contributed by atoms with van der Waals surface area (Å²) in [5.74, 6) is 1.96. The van der Waals surface area contributed by atoms with Gasteiger partial charge in [0.1, 0.15) is 11.5 Å². The fourth-order valence-corrected chi connectivity index (χ4v) is 1.96. The van der Waals surface area contributed by atoms with Gasteiger partial charge in [-0.3, -0.25) is 0 Å². The van der Waals surface area contributed by atoms with Crippen LogP contribution in [0, 0.1) is 0 Å². The molecule has 0 aliphatic rings. The van der Waals surface area contributed by atoms with Crippen molar-refractivity contribution in [3.05, 3.63) is 47.7 Å². The number of aryl methyl sites for hydroxylation is 1. The van der Waals surface area contributed by atoms with Crippen LogP contribution in [0.4, 0.5) is 0 Å². The van der Waals surface area contributed by atoms with Gasteiger partial charge in [-0.1, -0.05) is 32.0 Å². The molecule has 2 rings (SSSR count). The first kappa shape index (κ1) is 12.9. The van der Waals surface area contributed by atoms with E-state index in [1.165, 1.54) is 5.56 Å². The van der Waals surface area contributed by atoms with E-state index < -0.39 is 0 Å². The number of hydrogen-bond acceptors (Lipinski definition) is 2. The van der Waals surface area contributed by atoms with Gasteiger partial charge in [-0.2, -0.15) is 0 Å². The molecular weight excluding hydrogens is 222 g/mol. The van der Waals surface area contributed by atoms with E-state index in [-0.39, 0.29) is 0 Å². The molecule has 0 aliphatic heterocycles. The maximum atomic E-state index is 5.85. The third-order valence-electron chi connectivity index (χ3n) is 3.01. The Balaban J connectivity index is 2.08. The first-order valence-corrected chi connectivity index (χ1v) is 6.72. The van der Waals surface area contributed by atoms with E-state index in [2.05, 4.69) is 55.6 Å². The van der Waals surface area contributed by atoms with E-state index in [9.17, 15) is 0 Å². The molecule has 2 nitrogen and oxygen atoms in total. The lowest BCUT2D eigenvalue weighted by molar-refractivity contribution is 0.493. The van der Waals surface area contributed by atoms with E-state index in [4.69, 9.17) is 4.42 Å². The lowest BCUT2D eigenvalue weighted by Crippen LogP contribution is -2.12. The summed E-state index contributed by atoms with van der Waals surface area (Å²) in [6.45, 7) is 6.17. The molecule has 2 aromatic rings. The molecule has 18 heavy (non-hydrogen) atoms. The van der Waals surface area contributed by atoms with Gasteiger partial charge in [0.05, 0.1) is 6.54 Å². The summed E-state index contributed by atoms with van der Waals surface area (Å²) >= 11 is 0. The molecule has 0 bridgehead atoms. The van der Waals surface area contributed by atoms with Crippen molar-refractivity contribution in [2.24, 2.45) is 0 Å². The highest BCUT2D eigenvalue weighted by Gasteiger charge is 2.04. The molecule has 0 aliphatic carbocycles. The lowest BCUT2D eigenvalue weighted by atomic mass is 10.1. The maximum Gasteiger partial charge on any atom is 0.134 e. The van der Waals surface area contributed by atoms with Crippen LogP contribution in [-0.2, 0) is 13.0 Å². The molecule has 0 amide bonds. The van der Waals surface area contributed by atoms with Crippen molar-refractivity contribution >= 4 is 0 Å². The van der Waals surface area contributed by atoms with Crippen molar-refractivity contribution in [1.29, 1.82) is 0 Å². The molecule has 0 saturated heterocycles. The normalized spacial score (nSPS) is 10.8. The monoisotopic (exact) mass is 243 g/mol. The summed E-state index contributed by atoms with van der Waals surface area (Å²) in [6.07, 6.45) is 2.20. The van der Waals surface area contributed by atoms with Crippen molar-refractivity contribution in [1.82, 2.24) is 5.32 Å². The third kappa shape index (κ3) is 3.23. The average Bonchev–Trinajstić information content (AvgIpc) is 2.88. The standard InChI is InChI=1S/C16H21NO/c1-3-10-17-12-15-8-9-16(18-15)14-7-5-6-13(4-2)11-14/h5-9,11,17H,3-4,10,12H2,1-2H3. The molecule has 0 radical (unpaired) electrons. The van der Waals surface area contributed by atoms with E-state index in [1.807, 2.05) is 0 Å². The lowest BCUT2D eigenvalue weighted by Gasteiger charge is -2.01. The van der Waals surface area contributed by atoms with Gasteiger partial charge in [-0.05, 0) is 43.1 Å². The van der Waals surface area contributed by atoms with Gasteiger partial charge >= 0.3 is 0 Å². The first-order valence-electron chi connectivity index (χ1n) is 6.72. The smallest absolute Gasteiger partial charge is 0.134 e. The molecule has 96 valence electrons. The van der Waals surface area contributed by atoms with Crippen LogP contribution in [-0.4, -0.2) is 6.54 Å². The Labute approximate surface area is 109 Å². The van der Waals surface area contributed by atoms with Crippen molar-refractivity contribution in [3.8, 4) is 11.3 Å². The molecule has 2 heteroatoms. The third-order valence-corrected chi connectivity index (χ3v) is 3.01. The molecule has 0 atom stereocenters. The van der Waals surface area contributed by atoms with Crippen LogP contribution < -0.4 is 5.32 Å². The molecule has 0 unspecified atom stereocenters. The summed E-state index contributed by atoms with van der Waals surface area (Å²) < 4.78 is 5.85. The molecule has 0 spiro atoms. The van der Waals surface area contributed by atoms with Crippen molar-refractivity contribution in [3.63, 3.8) is 0 Å². The topological polar surface area (TPSA) is 25.2 Å². The number of furan rings is 1. The number of rotatable bonds is 6. The van der Waals surface area contributed by atoms with Crippen LogP contribution in [0.5, 0.6) is 0 Å². The molecule has 1 aromatic carbocycles. The Bertz CT molecular complexity index is 487. The SMILES string of the molecule is CCCNCc1ccc(-c2cccc(CC)c2)o1. The van der Waals surface area contributed by atoms with Gasteiger partial charge in [-0.15, -0.1) is 0 Å². The summed E-state index contributed by atoms with van der Waals surface area (Å²) in [5, 5.41) is 3.34. The highest BCUT2D eigenvalue weighted by molar-refractivity contribution is 5.58. The largest absolute Gasteiger partial charge is 0.460 e. The highest BCUT2D eigenvalue weighted by Crippen LogP contribution is 2.23. The van der Waals surface area contributed by atoms with E-state index >= 15 is 0 Å². The fraction of sp³-hybridized carbons (Fsp3) is 0.375. The van der Waals surface area contributed by atoms with Crippen molar-refractivity contribution in [2.45, 2.75) is 33.2 Å². The second kappa shape index (κ2) is 6.41. The van der Waals surface area contributed by atoms with E-state index in [1.54, 1.807) is 0 Å². The summed E-state index contributed by atoms with van der Waals surface area (Å²) in [5.41, 5.74) is 2.51. The van der Waals surface area contributed by atoms with Gasteiger partial charge < -0.3 is 9.73 Å². The zero-order valence-electron chi connectivity index (χ0n) is 11.2. The fourth-order valence-electron chi connectivity index (χ4n) is 1.96. The van der Waals surface area contributed by atoms with Crippen LogP contribution in [0.25, 0.3) is 11.3 Å². The van der Waals surface area contributed by atoms with E-state index in [0.29, 0.717) is 0 Å². The Morgan fingerprint density at radius 3 is 2.78 bits per heavy atom. The minimum absolute atomic E-state index is 0.807. The van der Waals surface area contributed by atoms with E-state index in [0.717, 1.165) is 43.0 Å². The maximum absolute atomic E-state index is 5.85. The Hall–Kier alpha value is -1.54. The van der Waals surface area contributed by atoms with Crippen LogP contribution in [0.1, 0.15) is 31.6 Å². The van der Waals surface area contributed by atoms with Crippen molar-refractivity contribution < 1.29 is 4.42 Å². The van der Waals surface area contributed by atoms with Gasteiger partial charge in [0.25, 0.3) is 0 Å². The zero-order valence-corrected chi connectivity index (χ0v) is 11.2. The molecule has 1 heterocycles. The Kier molecular flexibility index (Phi) is 4.59. The Morgan fingerprint density at radius 1 is 1.11 bits per heavy atom. The first-order chi connectivity index (χ1) is 8.83. The number of benzene rings is 1. The summed E-state index contributed by atoms with van der Waals surface area (Å²) in [7, 11) is 0. The molecule has 0 fully saturated rings. The summed E-state index contributed by atoms with van der Waals surface area (Å²) in [4.78, 5) is 0. The predicted molar refractivity (Wildman–Crippen MR) is 75.5 cm³/mol. The highest BCUT2D eigenvalue weighted by atomic mass is 16.3. The average molecular weight is 243 g/mol. The Morgan fingerprint density at radius 2 is 2.00 bits per heavy atom. The molecule has 0 saturated carbocycles. The number of hydrogen-bond donors (Lipinski definition) is 1. The van der Waals surface area contributed by atoms with Gasteiger partial charge in [0.15, 0.2) is 0 Å². The minimum Gasteiger partial charge on any atom is -0.460 e. The van der Waals surface area contributed by atoms with Gasteiger partial charge in [0.2, 0.25) is 0 Å². The zero-order chi connectivity index (χ0) is 12.8. The molecule has 1 N–H and O–H groups in total. The van der Waals surface area contributed by atoms with Gasteiger partial charge in [0, 0.05) is 5.56 Å². The van der Waals surface area contributed by atoms with Crippen LogP contribution in [0.3, 0.4) is 0 Å². The summed E-state index contributed by atoms with van der Waals surface area (Å²) in [6, 6.07) is 12.6. The second-order valence-corrected chi connectivity index (χ2v) is 4.50. The number of nitrogens with one attached hydrogen (secondary N) is 1. The van der Waals surface area contributed by atoms with Crippen molar-refractivity contribution in [2.75, 3.05) is 6.54 Å².